The summed E-state index contributed by atoms with van der Waals surface area (Å²) >= 11 is 0. The third-order valence-corrected chi connectivity index (χ3v) is 3.78. The maximum absolute atomic E-state index is 12.5. The van der Waals surface area contributed by atoms with E-state index >= 15 is 0 Å². The highest BCUT2D eigenvalue weighted by Gasteiger charge is 2.14. The lowest BCUT2D eigenvalue weighted by Gasteiger charge is -2.11. The van der Waals surface area contributed by atoms with Gasteiger partial charge in [-0.3, -0.25) is 4.79 Å². The fourth-order valence-corrected chi connectivity index (χ4v) is 2.41. The molecule has 0 spiro atoms. The Hall–Kier alpha value is -3.16. The summed E-state index contributed by atoms with van der Waals surface area (Å²) in [6.07, 6.45) is 0. The van der Waals surface area contributed by atoms with Crippen LogP contribution in [0.15, 0.2) is 30.3 Å². The number of anilines is 1. The number of hydrogen-bond acceptors (Lipinski definition) is 6. The Balaban J connectivity index is 1.81. The maximum atomic E-state index is 12.5. The van der Waals surface area contributed by atoms with Crippen molar-refractivity contribution >= 4 is 17.4 Å². The van der Waals surface area contributed by atoms with Gasteiger partial charge >= 0.3 is 0 Å². The topological polar surface area (TPSA) is 84.6 Å². The zero-order valence-corrected chi connectivity index (χ0v) is 14.6. The van der Waals surface area contributed by atoms with Crippen LogP contribution in [0.25, 0.3) is 5.65 Å². The Morgan fingerprint density at radius 1 is 1.24 bits per heavy atom. The van der Waals surface area contributed by atoms with Crippen LogP contribution in [0, 0.1) is 6.92 Å². The second kappa shape index (κ2) is 6.76. The molecule has 0 atom stereocenters. The van der Waals surface area contributed by atoms with Crippen LogP contribution in [0.1, 0.15) is 21.7 Å². The van der Waals surface area contributed by atoms with Gasteiger partial charge in [-0.2, -0.15) is 4.52 Å². The molecule has 1 aromatic carbocycles. The minimum absolute atomic E-state index is 0.209. The third kappa shape index (κ3) is 3.37. The summed E-state index contributed by atoms with van der Waals surface area (Å²) in [5.41, 5.74) is 2.13. The van der Waals surface area contributed by atoms with Crippen molar-refractivity contribution < 1.29 is 9.53 Å². The minimum Gasteiger partial charge on any atom is -0.496 e. The molecule has 25 heavy (non-hydrogen) atoms. The van der Waals surface area contributed by atoms with Gasteiger partial charge in [-0.05, 0) is 36.8 Å². The third-order valence-electron chi connectivity index (χ3n) is 3.78. The number of hydrogen-bond donors (Lipinski definition) is 1. The van der Waals surface area contributed by atoms with Crippen molar-refractivity contribution in [3.05, 3.63) is 47.3 Å². The number of carbonyl (C=O) groups is 1. The molecule has 0 aliphatic heterocycles. The molecule has 3 rings (SSSR count). The zero-order valence-electron chi connectivity index (χ0n) is 14.6. The number of aryl methyl sites for hydroxylation is 1. The number of nitrogens with one attached hydrogen (secondary N) is 1. The molecule has 0 radical (unpaired) electrons. The van der Waals surface area contributed by atoms with E-state index in [1.54, 1.807) is 17.7 Å². The predicted octanol–water partition coefficient (Wildman–Crippen LogP) is 1.44. The molecule has 0 unspecified atom stereocenters. The number of benzene rings is 1. The van der Waals surface area contributed by atoms with Gasteiger partial charge in [-0.15, -0.1) is 15.3 Å². The highest BCUT2D eigenvalue weighted by Crippen LogP contribution is 2.19. The molecule has 0 bridgehead atoms. The van der Waals surface area contributed by atoms with E-state index in [4.69, 9.17) is 4.74 Å². The van der Waals surface area contributed by atoms with Crippen LogP contribution in [0.4, 0.5) is 5.82 Å². The molecule has 0 fully saturated rings. The number of ether oxygens (including phenoxy) is 1. The summed E-state index contributed by atoms with van der Waals surface area (Å²) in [5, 5.41) is 15.5. The summed E-state index contributed by atoms with van der Waals surface area (Å²) < 4.78 is 6.91. The summed E-state index contributed by atoms with van der Waals surface area (Å²) in [5.74, 6) is 1.63. The first-order valence-corrected chi connectivity index (χ1v) is 7.81. The molecule has 1 amide bonds. The monoisotopic (exact) mass is 340 g/mol. The van der Waals surface area contributed by atoms with Crippen molar-refractivity contribution in [3.63, 3.8) is 0 Å². The molecule has 8 heteroatoms. The smallest absolute Gasteiger partial charge is 0.255 e. The number of fused-ring (bicyclic) bond motifs is 1. The lowest BCUT2D eigenvalue weighted by atomic mass is 10.1. The maximum Gasteiger partial charge on any atom is 0.255 e. The number of aromatic nitrogens is 4. The van der Waals surface area contributed by atoms with E-state index in [1.165, 1.54) is 0 Å². The number of methoxy groups -OCH3 is 1. The first kappa shape index (κ1) is 16.7. The molecule has 0 aliphatic carbocycles. The van der Waals surface area contributed by atoms with Gasteiger partial charge in [0.1, 0.15) is 11.6 Å². The molecule has 0 saturated heterocycles. The molecule has 1 N–H and O–H groups in total. The van der Waals surface area contributed by atoms with E-state index in [2.05, 4.69) is 20.6 Å². The van der Waals surface area contributed by atoms with E-state index in [9.17, 15) is 4.79 Å². The lowest BCUT2D eigenvalue weighted by molar-refractivity contribution is 0.0946. The molecular weight excluding hydrogens is 320 g/mol. The van der Waals surface area contributed by atoms with Gasteiger partial charge < -0.3 is 15.0 Å². The van der Waals surface area contributed by atoms with Gasteiger partial charge in [0.25, 0.3) is 5.91 Å². The minimum atomic E-state index is -0.239. The van der Waals surface area contributed by atoms with Crippen LogP contribution >= 0.6 is 0 Å². The zero-order chi connectivity index (χ0) is 18.0. The highest BCUT2D eigenvalue weighted by atomic mass is 16.5. The Bertz CT molecular complexity index is 919. The Morgan fingerprint density at radius 3 is 2.76 bits per heavy atom. The quantitative estimate of drug-likeness (QED) is 0.756. The predicted molar refractivity (Wildman–Crippen MR) is 94.0 cm³/mol. The van der Waals surface area contributed by atoms with Crippen molar-refractivity contribution in [1.29, 1.82) is 0 Å². The standard InChI is InChI=1S/C17H20N6O2/c1-11-5-6-12(13(9-11)25-4)17(24)18-10-16-20-19-14-7-8-15(22(2)3)21-23(14)16/h5-9H,10H2,1-4H3,(H,18,24). The average Bonchev–Trinajstić information content (AvgIpc) is 3.01. The summed E-state index contributed by atoms with van der Waals surface area (Å²) in [6.45, 7) is 2.15. The number of nitrogens with zero attached hydrogens (tertiary/aromatic N) is 5. The number of rotatable bonds is 5. The number of carbonyl (C=O) groups excluding carboxylic acids is 1. The van der Waals surface area contributed by atoms with Crippen molar-refractivity contribution in [3.8, 4) is 5.75 Å². The van der Waals surface area contributed by atoms with Gasteiger partial charge in [0.05, 0.1) is 19.2 Å². The molecule has 0 saturated carbocycles. The van der Waals surface area contributed by atoms with Crippen LogP contribution < -0.4 is 15.0 Å². The molecular formula is C17H20N6O2. The number of amides is 1. The lowest BCUT2D eigenvalue weighted by Crippen LogP contribution is -2.25. The molecule has 3 aromatic rings. The van der Waals surface area contributed by atoms with E-state index in [-0.39, 0.29) is 12.5 Å². The fourth-order valence-electron chi connectivity index (χ4n) is 2.41. The summed E-state index contributed by atoms with van der Waals surface area (Å²) in [4.78, 5) is 14.4. The van der Waals surface area contributed by atoms with Crippen LogP contribution in [0.3, 0.4) is 0 Å². The summed E-state index contributed by atoms with van der Waals surface area (Å²) in [6, 6.07) is 9.14. The average molecular weight is 340 g/mol. The molecule has 2 aromatic heterocycles. The first-order chi connectivity index (χ1) is 12.0. The fraction of sp³-hybridized carbons (Fsp3) is 0.294. The van der Waals surface area contributed by atoms with Gasteiger partial charge in [-0.25, -0.2) is 0 Å². The second-order valence-electron chi connectivity index (χ2n) is 5.86. The van der Waals surface area contributed by atoms with E-state index < -0.39 is 0 Å². The van der Waals surface area contributed by atoms with Crippen LogP contribution in [-0.4, -0.2) is 46.9 Å². The van der Waals surface area contributed by atoms with Crippen molar-refractivity contribution in [1.82, 2.24) is 25.1 Å². The van der Waals surface area contributed by atoms with Crippen molar-refractivity contribution in [2.24, 2.45) is 0 Å². The second-order valence-corrected chi connectivity index (χ2v) is 5.86. The van der Waals surface area contributed by atoms with Crippen molar-refractivity contribution in [2.45, 2.75) is 13.5 Å². The highest BCUT2D eigenvalue weighted by molar-refractivity contribution is 5.96. The van der Waals surface area contributed by atoms with E-state index in [0.29, 0.717) is 22.8 Å². The Kier molecular flexibility index (Phi) is 4.51. The Labute approximate surface area is 145 Å². The first-order valence-electron chi connectivity index (χ1n) is 7.81. The molecule has 0 aliphatic rings. The van der Waals surface area contributed by atoms with Gasteiger partial charge in [-0.1, -0.05) is 6.07 Å². The Morgan fingerprint density at radius 2 is 2.04 bits per heavy atom. The molecule has 130 valence electrons. The van der Waals surface area contributed by atoms with Crippen LogP contribution in [0.2, 0.25) is 0 Å². The molecule has 8 nitrogen and oxygen atoms in total. The largest absolute Gasteiger partial charge is 0.496 e. The van der Waals surface area contributed by atoms with E-state index in [1.807, 2.05) is 50.2 Å². The SMILES string of the molecule is COc1cc(C)ccc1C(=O)NCc1nnc2ccc(N(C)C)nn12. The van der Waals surface area contributed by atoms with Gasteiger partial charge in [0, 0.05) is 14.1 Å². The van der Waals surface area contributed by atoms with Gasteiger partial charge in [0.2, 0.25) is 0 Å². The van der Waals surface area contributed by atoms with Crippen LogP contribution in [0.5, 0.6) is 5.75 Å². The van der Waals surface area contributed by atoms with Gasteiger partial charge in [0.15, 0.2) is 11.5 Å². The van der Waals surface area contributed by atoms with Crippen LogP contribution in [-0.2, 0) is 6.54 Å². The molecule has 2 heterocycles. The summed E-state index contributed by atoms with van der Waals surface area (Å²) in [7, 11) is 5.36. The van der Waals surface area contributed by atoms with Crippen molar-refractivity contribution in [2.75, 3.05) is 26.1 Å². The normalized spacial score (nSPS) is 10.7. The van der Waals surface area contributed by atoms with E-state index in [0.717, 1.165) is 11.4 Å².